The average Bonchev–Trinajstić information content (AvgIpc) is 2.76. The van der Waals surface area contributed by atoms with Gasteiger partial charge in [-0.1, -0.05) is 13.0 Å². The molecule has 1 aliphatic rings. The maximum atomic E-state index is 11.9. The van der Waals surface area contributed by atoms with Crippen LogP contribution in [0.15, 0.2) is 42.7 Å². The fourth-order valence-electron chi connectivity index (χ4n) is 2.26. The molecule has 2 aromatic rings. The molecule has 1 unspecified atom stereocenters. The third kappa shape index (κ3) is 2.35. The van der Waals surface area contributed by atoms with E-state index in [1.54, 1.807) is 12.4 Å². The highest BCUT2D eigenvalue weighted by molar-refractivity contribution is 6.02. The molecule has 0 fully saturated rings. The van der Waals surface area contributed by atoms with Crippen molar-refractivity contribution in [1.29, 1.82) is 0 Å². The van der Waals surface area contributed by atoms with Crippen LogP contribution in [-0.4, -0.2) is 17.4 Å². The number of nitrogens with one attached hydrogen (secondary N) is 2. The van der Waals surface area contributed by atoms with Crippen LogP contribution >= 0.6 is 0 Å². The molecule has 0 aliphatic carbocycles. The number of fused-ring (bicyclic) bond motifs is 1. The Balaban J connectivity index is 1.84. The molecule has 3 rings (SSSR count). The van der Waals surface area contributed by atoms with Gasteiger partial charge >= 0.3 is 0 Å². The SMILES string of the molecule is CCNC1C(=O)Nc2cc(Oc3cccnc3)ccc21. The van der Waals surface area contributed by atoms with Crippen molar-refractivity contribution in [3.05, 3.63) is 48.3 Å². The second-order valence-electron chi connectivity index (χ2n) is 4.52. The number of carbonyl (C=O) groups is 1. The number of anilines is 1. The number of rotatable bonds is 4. The molecule has 1 aromatic heterocycles. The predicted octanol–water partition coefficient (Wildman–Crippen LogP) is 2.48. The summed E-state index contributed by atoms with van der Waals surface area (Å²) in [5.41, 5.74) is 1.75. The number of benzene rings is 1. The summed E-state index contributed by atoms with van der Waals surface area (Å²) in [5.74, 6) is 1.31. The lowest BCUT2D eigenvalue weighted by atomic mass is 10.1. The van der Waals surface area contributed by atoms with E-state index >= 15 is 0 Å². The summed E-state index contributed by atoms with van der Waals surface area (Å²) < 4.78 is 5.70. The van der Waals surface area contributed by atoms with Crippen LogP contribution in [0.4, 0.5) is 5.69 Å². The summed E-state index contributed by atoms with van der Waals surface area (Å²) in [7, 11) is 0. The smallest absolute Gasteiger partial charge is 0.246 e. The molecule has 1 aliphatic heterocycles. The van der Waals surface area contributed by atoms with Crippen LogP contribution in [0.3, 0.4) is 0 Å². The minimum Gasteiger partial charge on any atom is -0.456 e. The molecular formula is C15H15N3O2. The van der Waals surface area contributed by atoms with Gasteiger partial charge in [-0.3, -0.25) is 9.78 Å². The molecule has 0 bridgehead atoms. The van der Waals surface area contributed by atoms with Gasteiger partial charge in [0.05, 0.1) is 6.20 Å². The zero-order chi connectivity index (χ0) is 13.9. The van der Waals surface area contributed by atoms with Gasteiger partial charge in [0, 0.05) is 23.5 Å². The Bertz CT molecular complexity index is 628. The van der Waals surface area contributed by atoms with Crippen molar-refractivity contribution in [2.24, 2.45) is 0 Å². The molecule has 102 valence electrons. The van der Waals surface area contributed by atoms with Crippen molar-refractivity contribution in [1.82, 2.24) is 10.3 Å². The van der Waals surface area contributed by atoms with Crippen LogP contribution in [-0.2, 0) is 4.79 Å². The first kappa shape index (κ1) is 12.6. The number of amides is 1. The average molecular weight is 269 g/mol. The van der Waals surface area contributed by atoms with E-state index in [2.05, 4.69) is 15.6 Å². The molecule has 5 nitrogen and oxygen atoms in total. The lowest BCUT2D eigenvalue weighted by Gasteiger charge is -2.10. The molecule has 0 saturated heterocycles. The van der Waals surface area contributed by atoms with Crippen molar-refractivity contribution in [2.45, 2.75) is 13.0 Å². The van der Waals surface area contributed by atoms with E-state index in [0.717, 1.165) is 17.8 Å². The Hall–Kier alpha value is -2.40. The van der Waals surface area contributed by atoms with Crippen molar-refractivity contribution >= 4 is 11.6 Å². The molecule has 1 amide bonds. The summed E-state index contributed by atoms with van der Waals surface area (Å²) in [6.07, 6.45) is 3.34. The predicted molar refractivity (Wildman–Crippen MR) is 75.8 cm³/mol. The molecule has 1 aromatic carbocycles. The molecule has 20 heavy (non-hydrogen) atoms. The zero-order valence-corrected chi connectivity index (χ0v) is 11.1. The maximum Gasteiger partial charge on any atom is 0.246 e. The normalized spacial score (nSPS) is 16.6. The summed E-state index contributed by atoms with van der Waals surface area (Å²) in [6.45, 7) is 2.72. The second-order valence-corrected chi connectivity index (χ2v) is 4.52. The standard InChI is InChI=1S/C15H15N3O2/c1-2-17-14-12-6-5-10(8-13(12)18-15(14)19)20-11-4-3-7-16-9-11/h3-9,14,17H,2H2,1H3,(H,18,19). The number of hydrogen-bond donors (Lipinski definition) is 2. The van der Waals surface area contributed by atoms with E-state index < -0.39 is 0 Å². The molecule has 1 atom stereocenters. The van der Waals surface area contributed by atoms with Gasteiger partial charge in [-0.2, -0.15) is 0 Å². The van der Waals surface area contributed by atoms with Gasteiger partial charge in [0.1, 0.15) is 17.5 Å². The van der Waals surface area contributed by atoms with E-state index in [-0.39, 0.29) is 11.9 Å². The van der Waals surface area contributed by atoms with E-state index in [4.69, 9.17) is 4.74 Å². The van der Waals surface area contributed by atoms with Crippen LogP contribution in [0.5, 0.6) is 11.5 Å². The van der Waals surface area contributed by atoms with E-state index in [1.807, 2.05) is 37.3 Å². The minimum atomic E-state index is -0.276. The number of nitrogens with zero attached hydrogens (tertiary/aromatic N) is 1. The first-order valence-electron chi connectivity index (χ1n) is 6.54. The first-order chi connectivity index (χ1) is 9.78. The Kier molecular flexibility index (Phi) is 3.35. The van der Waals surface area contributed by atoms with Crippen molar-refractivity contribution in [2.75, 3.05) is 11.9 Å². The lowest BCUT2D eigenvalue weighted by Crippen LogP contribution is -2.27. The Morgan fingerprint density at radius 3 is 3.00 bits per heavy atom. The number of aromatic nitrogens is 1. The quantitative estimate of drug-likeness (QED) is 0.895. The summed E-state index contributed by atoms with van der Waals surface area (Å²) in [5, 5.41) is 6.02. The number of ether oxygens (including phenoxy) is 1. The summed E-state index contributed by atoms with van der Waals surface area (Å²) in [4.78, 5) is 15.9. The minimum absolute atomic E-state index is 0.0274. The number of likely N-dealkylation sites (N-methyl/N-ethyl adjacent to an activating group) is 1. The van der Waals surface area contributed by atoms with Crippen molar-refractivity contribution < 1.29 is 9.53 Å². The van der Waals surface area contributed by atoms with Gasteiger partial charge in [0.2, 0.25) is 5.91 Å². The highest BCUT2D eigenvalue weighted by Gasteiger charge is 2.29. The molecular weight excluding hydrogens is 254 g/mol. The van der Waals surface area contributed by atoms with Crippen LogP contribution in [0.1, 0.15) is 18.5 Å². The van der Waals surface area contributed by atoms with Gasteiger partial charge in [-0.15, -0.1) is 0 Å². The van der Waals surface area contributed by atoms with Gasteiger partial charge < -0.3 is 15.4 Å². The second kappa shape index (κ2) is 5.30. The highest BCUT2D eigenvalue weighted by Crippen LogP contribution is 2.34. The van der Waals surface area contributed by atoms with Crippen LogP contribution < -0.4 is 15.4 Å². The topological polar surface area (TPSA) is 63.2 Å². The molecule has 2 N–H and O–H groups in total. The van der Waals surface area contributed by atoms with Crippen LogP contribution in [0.25, 0.3) is 0 Å². The Morgan fingerprint density at radius 2 is 2.25 bits per heavy atom. The maximum absolute atomic E-state index is 11.9. The number of carbonyl (C=O) groups excluding carboxylic acids is 1. The third-order valence-corrected chi connectivity index (χ3v) is 3.13. The van der Waals surface area contributed by atoms with E-state index in [1.165, 1.54) is 0 Å². The van der Waals surface area contributed by atoms with E-state index in [9.17, 15) is 4.79 Å². The first-order valence-corrected chi connectivity index (χ1v) is 6.54. The van der Waals surface area contributed by atoms with Crippen molar-refractivity contribution in [3.8, 4) is 11.5 Å². The molecule has 0 radical (unpaired) electrons. The van der Waals surface area contributed by atoms with Crippen LogP contribution in [0, 0.1) is 0 Å². The number of hydrogen-bond acceptors (Lipinski definition) is 4. The van der Waals surface area contributed by atoms with E-state index in [0.29, 0.717) is 11.5 Å². The fourth-order valence-corrected chi connectivity index (χ4v) is 2.26. The summed E-state index contributed by atoms with van der Waals surface area (Å²) >= 11 is 0. The molecule has 0 saturated carbocycles. The van der Waals surface area contributed by atoms with Gasteiger partial charge in [0.25, 0.3) is 0 Å². The molecule has 5 heteroatoms. The van der Waals surface area contributed by atoms with Crippen molar-refractivity contribution in [3.63, 3.8) is 0 Å². The van der Waals surface area contributed by atoms with Gasteiger partial charge in [0.15, 0.2) is 0 Å². The molecule has 2 heterocycles. The molecule has 0 spiro atoms. The highest BCUT2D eigenvalue weighted by atomic mass is 16.5. The Morgan fingerprint density at radius 1 is 1.35 bits per heavy atom. The third-order valence-electron chi connectivity index (χ3n) is 3.13. The van der Waals surface area contributed by atoms with Crippen LogP contribution in [0.2, 0.25) is 0 Å². The van der Waals surface area contributed by atoms with Gasteiger partial charge in [-0.25, -0.2) is 0 Å². The zero-order valence-electron chi connectivity index (χ0n) is 11.1. The number of pyridine rings is 1. The Labute approximate surface area is 117 Å². The van der Waals surface area contributed by atoms with Gasteiger partial charge in [-0.05, 0) is 24.7 Å². The monoisotopic (exact) mass is 269 g/mol. The largest absolute Gasteiger partial charge is 0.456 e. The lowest BCUT2D eigenvalue weighted by molar-refractivity contribution is -0.117. The fraction of sp³-hybridized carbons (Fsp3) is 0.200. The summed E-state index contributed by atoms with van der Waals surface area (Å²) in [6, 6.07) is 8.97.